The third-order valence-corrected chi connectivity index (χ3v) is 17.2. The van der Waals surface area contributed by atoms with Crippen LogP contribution in [0.3, 0.4) is 0 Å². The van der Waals surface area contributed by atoms with Crippen LogP contribution in [0.1, 0.15) is 225 Å². The molecule has 7 rings (SSSR count). The molecule has 0 saturated carbocycles. The quantitative estimate of drug-likeness (QED) is 0.0649. The second-order valence-electron chi connectivity index (χ2n) is 31.1. The second kappa shape index (κ2) is 28.5. The normalized spacial score (nSPS) is 12.9. The molecule has 0 radical (unpaired) electrons. The molecule has 1 aliphatic rings. The first-order chi connectivity index (χ1) is 44.5. The van der Waals surface area contributed by atoms with Crippen LogP contribution in [-0.4, -0.2) is 35.8 Å². The Morgan fingerprint density at radius 2 is 0.323 bits per heavy atom. The van der Waals surface area contributed by atoms with Crippen LogP contribution in [0.5, 0.6) is 34.5 Å². The largest absolute Gasteiger partial charge is 0.423 e. The highest BCUT2D eigenvalue weighted by Gasteiger charge is 2.33. The lowest BCUT2D eigenvalue weighted by molar-refractivity contribution is -0.130. The molecule has 12 bridgehead atoms. The molecule has 0 fully saturated rings. The summed E-state index contributed by atoms with van der Waals surface area (Å²) >= 11 is 0. The van der Waals surface area contributed by atoms with Gasteiger partial charge in [0.25, 0.3) is 0 Å². The molecule has 96 heavy (non-hydrogen) atoms. The number of rotatable bonds is 12. The van der Waals surface area contributed by atoms with E-state index in [4.69, 9.17) is 28.4 Å². The third kappa shape index (κ3) is 17.7. The molecule has 0 unspecified atom stereocenters. The average Bonchev–Trinajstić information content (AvgIpc) is 0.777. The molecular formula is C84H96O12. The van der Waals surface area contributed by atoms with Crippen LogP contribution in [0.25, 0.3) is 0 Å². The van der Waals surface area contributed by atoms with Crippen LogP contribution in [0.2, 0.25) is 0 Å². The maximum atomic E-state index is 14.0. The molecule has 0 N–H and O–H groups in total. The Morgan fingerprint density at radius 1 is 0.229 bits per heavy atom. The van der Waals surface area contributed by atoms with E-state index in [-0.39, 0.29) is 73.0 Å². The Morgan fingerprint density at radius 3 is 0.396 bits per heavy atom. The van der Waals surface area contributed by atoms with Crippen molar-refractivity contribution in [2.24, 2.45) is 0 Å². The van der Waals surface area contributed by atoms with E-state index in [0.717, 1.165) is 69.8 Å². The summed E-state index contributed by atoms with van der Waals surface area (Å²) in [7, 11) is 0. The van der Waals surface area contributed by atoms with Crippen molar-refractivity contribution in [2.45, 2.75) is 196 Å². The van der Waals surface area contributed by atoms with Crippen molar-refractivity contribution in [1.29, 1.82) is 0 Å². The van der Waals surface area contributed by atoms with Gasteiger partial charge >= 0.3 is 35.8 Å². The summed E-state index contributed by atoms with van der Waals surface area (Å²) in [5, 5.41) is 0. The zero-order valence-electron chi connectivity index (χ0n) is 59.8. The van der Waals surface area contributed by atoms with E-state index in [9.17, 15) is 28.8 Å². The van der Waals surface area contributed by atoms with Crippen LogP contribution in [0.4, 0.5) is 0 Å². The first kappa shape index (κ1) is 74.0. The zero-order chi connectivity index (χ0) is 71.5. The van der Waals surface area contributed by atoms with Gasteiger partial charge in [-0.15, -0.1) is 0 Å². The minimum absolute atomic E-state index is 0.0296. The molecule has 0 atom stereocenters. The van der Waals surface area contributed by atoms with Crippen molar-refractivity contribution in [3.8, 4) is 34.5 Å². The smallest absolute Gasteiger partial charge is 0.335 e. The van der Waals surface area contributed by atoms with Crippen molar-refractivity contribution in [3.63, 3.8) is 0 Å². The molecule has 0 saturated heterocycles. The van der Waals surface area contributed by atoms with Gasteiger partial charge in [-0.25, -0.2) is 28.8 Å². The summed E-state index contributed by atoms with van der Waals surface area (Å²) in [6, 6.07) is 24.0. The predicted octanol–water partition coefficient (Wildman–Crippen LogP) is 17.9. The van der Waals surface area contributed by atoms with Gasteiger partial charge in [-0.1, -0.05) is 237 Å². The van der Waals surface area contributed by atoms with E-state index in [1.54, 1.807) is 0 Å². The van der Waals surface area contributed by atoms with Crippen LogP contribution in [0, 0.1) is 0 Å². The first-order valence-corrected chi connectivity index (χ1v) is 32.5. The molecule has 1 aliphatic carbocycles. The number of benzene rings is 6. The summed E-state index contributed by atoms with van der Waals surface area (Å²) in [6.45, 7) is 60.3. The molecule has 0 amide bonds. The lowest BCUT2D eigenvalue weighted by atomic mass is 9.79. The van der Waals surface area contributed by atoms with Crippen LogP contribution in [-0.2, 0) is 99.8 Å². The summed E-state index contributed by atoms with van der Waals surface area (Å²) < 4.78 is 38.9. The molecule has 0 aromatic heterocycles. The van der Waals surface area contributed by atoms with Gasteiger partial charge in [-0.2, -0.15) is 0 Å². The molecule has 12 nitrogen and oxygen atoms in total. The van der Waals surface area contributed by atoms with Gasteiger partial charge in [0, 0.05) is 142 Å². The van der Waals surface area contributed by atoms with E-state index in [1.807, 2.05) is 72.8 Å². The molecule has 12 heteroatoms. The standard InChI is InChI=1S/C84H96O12/c1-25-67(85)91-73-49-31-51-39-62(80(10,11)12)41-53(74(51)92-68(86)26-2)33-55-43-64(82(16,17)18)45-57(76(55)94-70(88)28-4)35-59-47-66(84(22,23)24)48-60(78(59)96-72(90)30-6)36-58-46-65(83(19,20)21)44-56(77(58)95-71(89)29-5)34-54-42-63(81(13,14)15)40-52(75(54)93-69(87)27-3)32-50(73)38-61(37-49)79(7,8)9/h25-30,37-48H,1-6,31-36H2,7-24H3. The van der Waals surface area contributed by atoms with Crippen molar-refractivity contribution >= 4 is 35.8 Å². The summed E-state index contributed by atoms with van der Waals surface area (Å²) in [5.74, 6) is -3.22. The van der Waals surface area contributed by atoms with E-state index >= 15 is 0 Å². The molecule has 6 aromatic carbocycles. The molecule has 0 heterocycles. The highest BCUT2D eigenvalue weighted by Crippen LogP contribution is 2.47. The van der Waals surface area contributed by atoms with E-state index in [2.05, 4.69) is 164 Å². The maximum Gasteiger partial charge on any atom is 0.335 e. The Hall–Kier alpha value is -9.42. The fourth-order valence-electron chi connectivity index (χ4n) is 11.6. The van der Waals surface area contributed by atoms with Crippen LogP contribution < -0.4 is 28.4 Å². The summed E-state index contributed by atoms with van der Waals surface area (Å²) in [6.07, 6.45) is 6.75. The third-order valence-electron chi connectivity index (χ3n) is 17.2. The van der Waals surface area contributed by atoms with Gasteiger partial charge < -0.3 is 28.4 Å². The maximum absolute atomic E-state index is 14.0. The average molecular weight is 1300 g/mol. The molecule has 0 aliphatic heterocycles. The number of fused-ring (bicyclic) bond motifs is 12. The van der Waals surface area contributed by atoms with Gasteiger partial charge in [0.2, 0.25) is 0 Å². The minimum Gasteiger partial charge on any atom is -0.423 e. The topological polar surface area (TPSA) is 158 Å². The molecule has 6 aromatic rings. The monoisotopic (exact) mass is 1300 g/mol. The van der Waals surface area contributed by atoms with Gasteiger partial charge in [-0.05, 0) is 65.9 Å². The Kier molecular flexibility index (Phi) is 22.0. The molecule has 504 valence electrons. The van der Waals surface area contributed by atoms with E-state index in [1.165, 1.54) is 0 Å². The second-order valence-corrected chi connectivity index (χ2v) is 31.1. The van der Waals surface area contributed by atoms with Gasteiger partial charge in [0.15, 0.2) is 0 Å². The van der Waals surface area contributed by atoms with Crippen molar-refractivity contribution in [2.75, 3.05) is 0 Å². The zero-order valence-corrected chi connectivity index (χ0v) is 59.8. The van der Waals surface area contributed by atoms with Gasteiger partial charge in [-0.3, -0.25) is 0 Å². The minimum atomic E-state index is -0.738. The summed E-state index contributed by atoms with van der Waals surface area (Å²) in [5.41, 5.74) is 8.67. The van der Waals surface area contributed by atoms with Gasteiger partial charge in [0.05, 0.1) is 0 Å². The number of ether oxygens (including phenoxy) is 6. The predicted molar refractivity (Wildman–Crippen MR) is 383 cm³/mol. The highest BCUT2D eigenvalue weighted by molar-refractivity contribution is 5.88. The Bertz CT molecular complexity index is 3340. The Balaban J connectivity index is 1.82. The van der Waals surface area contributed by atoms with Crippen LogP contribution >= 0.6 is 0 Å². The Labute approximate surface area is 569 Å². The molecular weight excluding hydrogens is 1200 g/mol. The number of esters is 6. The highest BCUT2D eigenvalue weighted by atomic mass is 16.6. The first-order valence-electron chi connectivity index (χ1n) is 32.5. The number of hydrogen-bond donors (Lipinski definition) is 0. The number of carbonyl (C=O) groups excluding carboxylic acids is 6. The van der Waals surface area contributed by atoms with Crippen molar-refractivity contribution in [1.82, 2.24) is 0 Å². The molecule has 0 spiro atoms. The fourth-order valence-corrected chi connectivity index (χ4v) is 11.6. The summed E-state index contributed by atoms with van der Waals surface area (Å²) in [4.78, 5) is 84.2. The SMILES string of the molecule is C=CC(=O)Oc1c2cc(C(C)(C)C)cc1Cc1cc(C(C)(C)C)cc(c1OC(=O)C=C)Cc1cc(C(C)(C)C)cc(c1OC(=O)C=C)Cc1cc(C(C)(C)C)cc(c1OC(=O)C=C)Cc1cc(C(C)(C)C)cc(c1OC(=O)C=C)Cc1cc(C(C)(C)C)cc(c1OC(=O)C=C)C2. The van der Waals surface area contributed by atoms with Crippen molar-refractivity contribution in [3.05, 3.63) is 249 Å². The van der Waals surface area contributed by atoms with Crippen molar-refractivity contribution < 1.29 is 57.2 Å². The van der Waals surface area contributed by atoms with Gasteiger partial charge in [0.1, 0.15) is 34.5 Å². The van der Waals surface area contributed by atoms with E-state index in [0.29, 0.717) is 66.8 Å². The lowest BCUT2D eigenvalue weighted by Crippen LogP contribution is -2.19. The number of hydrogen-bond acceptors (Lipinski definition) is 12. The lowest BCUT2D eigenvalue weighted by Gasteiger charge is -2.28. The van der Waals surface area contributed by atoms with E-state index < -0.39 is 68.3 Å². The fraction of sp³-hybridized carbons (Fsp3) is 0.357. The number of carbonyl (C=O) groups is 6. The van der Waals surface area contributed by atoms with Crippen LogP contribution in [0.15, 0.2) is 149 Å².